The Bertz CT molecular complexity index is 338. The highest BCUT2D eigenvalue weighted by Crippen LogP contribution is 2.42. The van der Waals surface area contributed by atoms with Crippen molar-refractivity contribution in [3.63, 3.8) is 0 Å². The highest BCUT2D eigenvalue weighted by Gasteiger charge is 2.27. The van der Waals surface area contributed by atoms with Crippen LogP contribution < -0.4 is 0 Å². The minimum atomic E-state index is 0.529. The standard InChI is InChI=1S/C11H11BrCl2/c12-10-3-1-2-8(10)9-6-7(13)4-5-11(9)14/h4-6,8,10H,1-3H2. The van der Waals surface area contributed by atoms with Crippen LogP contribution in [0.4, 0.5) is 0 Å². The molecule has 0 amide bonds. The topological polar surface area (TPSA) is 0 Å². The molecule has 1 aromatic carbocycles. The van der Waals surface area contributed by atoms with E-state index in [1.807, 2.05) is 18.2 Å². The lowest BCUT2D eigenvalue weighted by Crippen LogP contribution is -2.04. The Hall–Kier alpha value is 0.280. The minimum Gasteiger partial charge on any atom is -0.0884 e. The molecular formula is C11H11BrCl2. The Morgan fingerprint density at radius 2 is 2.00 bits per heavy atom. The van der Waals surface area contributed by atoms with E-state index in [1.54, 1.807) is 0 Å². The van der Waals surface area contributed by atoms with Gasteiger partial charge in [-0.05, 0) is 42.5 Å². The molecule has 0 saturated heterocycles. The van der Waals surface area contributed by atoms with Crippen molar-refractivity contribution in [3.05, 3.63) is 33.8 Å². The van der Waals surface area contributed by atoms with Gasteiger partial charge in [0.2, 0.25) is 0 Å². The summed E-state index contributed by atoms with van der Waals surface area (Å²) in [7, 11) is 0. The third-order valence-corrected chi connectivity index (χ3v) is 4.46. The van der Waals surface area contributed by atoms with Crippen molar-refractivity contribution < 1.29 is 0 Å². The summed E-state index contributed by atoms with van der Waals surface area (Å²) in [6.45, 7) is 0. The van der Waals surface area contributed by atoms with E-state index in [-0.39, 0.29) is 0 Å². The smallest absolute Gasteiger partial charge is 0.0442 e. The lowest BCUT2D eigenvalue weighted by atomic mass is 9.98. The van der Waals surface area contributed by atoms with E-state index in [2.05, 4.69) is 15.9 Å². The van der Waals surface area contributed by atoms with Crippen LogP contribution in [0.25, 0.3) is 0 Å². The van der Waals surface area contributed by atoms with Crippen molar-refractivity contribution in [3.8, 4) is 0 Å². The van der Waals surface area contributed by atoms with Crippen LogP contribution in [0.15, 0.2) is 18.2 Å². The molecule has 1 aliphatic carbocycles. The van der Waals surface area contributed by atoms with Crippen LogP contribution >= 0.6 is 39.1 Å². The molecule has 3 heteroatoms. The Balaban J connectivity index is 2.34. The summed E-state index contributed by atoms with van der Waals surface area (Å²) in [5, 5.41) is 1.61. The molecule has 0 aromatic heterocycles. The third-order valence-electron chi connectivity index (χ3n) is 2.79. The Kier molecular flexibility index (Phi) is 3.41. The molecule has 14 heavy (non-hydrogen) atoms. The third kappa shape index (κ3) is 2.10. The van der Waals surface area contributed by atoms with E-state index in [9.17, 15) is 0 Å². The molecule has 1 fully saturated rings. The number of rotatable bonds is 1. The molecule has 76 valence electrons. The fraction of sp³-hybridized carbons (Fsp3) is 0.455. The number of benzene rings is 1. The average Bonchev–Trinajstić information content (AvgIpc) is 2.56. The second kappa shape index (κ2) is 4.42. The van der Waals surface area contributed by atoms with Crippen LogP contribution in [0.5, 0.6) is 0 Å². The summed E-state index contributed by atoms with van der Waals surface area (Å²) in [6, 6.07) is 5.72. The van der Waals surface area contributed by atoms with Crippen LogP contribution in [-0.2, 0) is 0 Å². The maximum Gasteiger partial charge on any atom is 0.0442 e. The monoisotopic (exact) mass is 292 g/mol. The van der Waals surface area contributed by atoms with E-state index in [0.717, 1.165) is 10.0 Å². The first-order valence-corrected chi connectivity index (χ1v) is 6.44. The van der Waals surface area contributed by atoms with Gasteiger partial charge in [-0.1, -0.05) is 45.6 Å². The van der Waals surface area contributed by atoms with E-state index in [4.69, 9.17) is 23.2 Å². The van der Waals surface area contributed by atoms with Crippen LogP contribution in [-0.4, -0.2) is 4.83 Å². The highest BCUT2D eigenvalue weighted by molar-refractivity contribution is 9.09. The van der Waals surface area contributed by atoms with Crippen molar-refractivity contribution in [1.82, 2.24) is 0 Å². The number of hydrogen-bond donors (Lipinski definition) is 0. The van der Waals surface area contributed by atoms with Gasteiger partial charge in [-0.3, -0.25) is 0 Å². The maximum atomic E-state index is 6.16. The molecule has 0 radical (unpaired) electrons. The minimum absolute atomic E-state index is 0.529. The first kappa shape index (κ1) is 10.8. The fourth-order valence-electron chi connectivity index (χ4n) is 2.06. The molecule has 2 unspecified atom stereocenters. The van der Waals surface area contributed by atoms with Gasteiger partial charge < -0.3 is 0 Å². The molecule has 0 heterocycles. The van der Waals surface area contributed by atoms with E-state index in [1.165, 1.54) is 24.8 Å². The first-order chi connectivity index (χ1) is 6.68. The zero-order valence-corrected chi connectivity index (χ0v) is 10.7. The van der Waals surface area contributed by atoms with E-state index in [0.29, 0.717) is 10.7 Å². The predicted octanol–water partition coefficient (Wildman–Crippen LogP) is 5.02. The van der Waals surface area contributed by atoms with Crippen LogP contribution in [0, 0.1) is 0 Å². The molecule has 0 spiro atoms. The van der Waals surface area contributed by atoms with Gasteiger partial charge in [0.1, 0.15) is 0 Å². The molecule has 2 rings (SSSR count). The van der Waals surface area contributed by atoms with Gasteiger partial charge in [0, 0.05) is 14.9 Å². The summed E-state index contributed by atoms with van der Waals surface area (Å²) in [6.07, 6.45) is 3.70. The van der Waals surface area contributed by atoms with Gasteiger partial charge in [-0.15, -0.1) is 0 Å². The van der Waals surface area contributed by atoms with E-state index < -0.39 is 0 Å². The average molecular weight is 294 g/mol. The molecule has 0 nitrogen and oxygen atoms in total. The molecule has 0 aliphatic heterocycles. The van der Waals surface area contributed by atoms with Crippen molar-refractivity contribution in [2.24, 2.45) is 0 Å². The second-order valence-corrected chi connectivity index (χ2v) is 5.74. The van der Waals surface area contributed by atoms with Gasteiger partial charge >= 0.3 is 0 Å². The predicted molar refractivity (Wildman–Crippen MR) is 65.8 cm³/mol. The van der Waals surface area contributed by atoms with Gasteiger partial charge in [0.15, 0.2) is 0 Å². The normalized spacial score (nSPS) is 26.8. The molecule has 0 bridgehead atoms. The quantitative estimate of drug-likeness (QED) is 0.638. The lowest BCUT2D eigenvalue weighted by molar-refractivity contribution is 0.743. The van der Waals surface area contributed by atoms with Crippen molar-refractivity contribution in [2.75, 3.05) is 0 Å². The molecule has 1 saturated carbocycles. The SMILES string of the molecule is Clc1ccc(Cl)c(C2CCCC2Br)c1. The van der Waals surface area contributed by atoms with Gasteiger partial charge in [-0.2, -0.15) is 0 Å². The summed E-state index contributed by atoms with van der Waals surface area (Å²) in [5.41, 5.74) is 1.19. The zero-order chi connectivity index (χ0) is 10.1. The fourth-order valence-corrected chi connectivity index (χ4v) is 3.37. The summed E-state index contributed by atoms with van der Waals surface area (Å²) in [4.78, 5) is 0.554. The summed E-state index contributed by atoms with van der Waals surface area (Å²) in [5.74, 6) is 0.529. The van der Waals surface area contributed by atoms with E-state index >= 15 is 0 Å². The van der Waals surface area contributed by atoms with Crippen LogP contribution in [0.1, 0.15) is 30.7 Å². The Morgan fingerprint density at radius 3 is 2.64 bits per heavy atom. The molecular weight excluding hydrogens is 283 g/mol. The summed E-state index contributed by atoms with van der Waals surface area (Å²) < 4.78 is 0. The van der Waals surface area contributed by atoms with Crippen molar-refractivity contribution >= 4 is 39.1 Å². The van der Waals surface area contributed by atoms with Crippen molar-refractivity contribution in [1.29, 1.82) is 0 Å². The summed E-state index contributed by atoms with van der Waals surface area (Å²) >= 11 is 15.8. The van der Waals surface area contributed by atoms with Gasteiger partial charge in [-0.25, -0.2) is 0 Å². The first-order valence-electron chi connectivity index (χ1n) is 4.77. The highest BCUT2D eigenvalue weighted by atomic mass is 79.9. The van der Waals surface area contributed by atoms with Gasteiger partial charge in [0.05, 0.1) is 0 Å². The second-order valence-electron chi connectivity index (χ2n) is 3.72. The lowest BCUT2D eigenvalue weighted by Gasteiger charge is -2.16. The van der Waals surface area contributed by atoms with Gasteiger partial charge in [0.25, 0.3) is 0 Å². The largest absolute Gasteiger partial charge is 0.0884 e. The Labute approximate surface area is 103 Å². The molecule has 2 atom stereocenters. The van der Waals surface area contributed by atoms with Crippen LogP contribution in [0.3, 0.4) is 0 Å². The molecule has 1 aromatic rings. The zero-order valence-electron chi connectivity index (χ0n) is 7.64. The Morgan fingerprint density at radius 1 is 1.21 bits per heavy atom. The molecule has 1 aliphatic rings. The number of hydrogen-bond acceptors (Lipinski definition) is 0. The number of halogens is 3. The maximum absolute atomic E-state index is 6.16. The van der Waals surface area contributed by atoms with Crippen molar-refractivity contribution in [2.45, 2.75) is 30.0 Å². The molecule has 0 N–H and O–H groups in total. The number of alkyl halides is 1. The van der Waals surface area contributed by atoms with Crippen LogP contribution in [0.2, 0.25) is 10.0 Å².